The molecule has 0 aliphatic carbocycles. The minimum absolute atomic E-state index is 0.00343. The second-order valence-electron chi connectivity index (χ2n) is 4.90. The van der Waals surface area contributed by atoms with Crippen LogP contribution in [0.1, 0.15) is 28.3 Å². The molecule has 0 N–H and O–H groups in total. The molecule has 6 heteroatoms. The van der Waals surface area contributed by atoms with Crippen molar-refractivity contribution in [1.82, 2.24) is 0 Å². The number of rotatable bonds is 8. The fraction of sp³-hybridized carbons (Fsp3) is 0.176. The Kier molecular flexibility index (Phi) is 5.57. The molecule has 2 aromatic rings. The van der Waals surface area contributed by atoms with Crippen LogP contribution in [0.25, 0.3) is 0 Å². The van der Waals surface area contributed by atoms with Gasteiger partial charge in [0.15, 0.2) is 5.78 Å². The molecule has 117 valence electrons. The Labute approximate surface area is 132 Å². The van der Waals surface area contributed by atoms with Gasteiger partial charge in [0.2, 0.25) is 0 Å². The molecule has 1 unspecified atom stereocenters. The third-order valence-corrected chi connectivity index (χ3v) is 3.44. The quantitative estimate of drug-likeness (QED) is 0.425. The zero-order valence-corrected chi connectivity index (χ0v) is 12.2. The molecule has 6 nitrogen and oxygen atoms in total. The van der Waals surface area contributed by atoms with Gasteiger partial charge in [-0.15, -0.1) is 0 Å². The summed E-state index contributed by atoms with van der Waals surface area (Å²) in [5.41, 5.74) is 0.760. The number of Topliss-reactive ketones (excluding diaryl/α,β-unsaturated/α-hetero) is 1. The van der Waals surface area contributed by atoms with Crippen LogP contribution in [0.3, 0.4) is 0 Å². The highest BCUT2D eigenvalue weighted by atomic mass is 16.6. The van der Waals surface area contributed by atoms with Crippen LogP contribution < -0.4 is 0 Å². The van der Waals surface area contributed by atoms with Crippen molar-refractivity contribution in [2.24, 2.45) is 0 Å². The molecule has 0 fully saturated rings. The van der Waals surface area contributed by atoms with Crippen molar-refractivity contribution in [3.05, 3.63) is 75.8 Å². The summed E-state index contributed by atoms with van der Waals surface area (Å²) in [6, 6.07) is 14.7. The molecule has 2 rings (SSSR count). The van der Waals surface area contributed by atoms with Crippen LogP contribution in [0.5, 0.6) is 0 Å². The number of para-hydroxylation sites is 1. The van der Waals surface area contributed by atoms with E-state index in [1.165, 1.54) is 12.5 Å². The number of nitrogens with zero attached hydrogens (tertiary/aromatic N) is 1. The number of hydrogen-bond donors (Lipinski definition) is 0. The standard InChI is InChI=1S/C17H14NO5/c19-12-23-11-14(10-17(20)13-6-2-1-3-7-13)15-8-4-5-9-16(15)18(21)22/h1-9,14H,10-11H2. The Morgan fingerprint density at radius 2 is 1.78 bits per heavy atom. The molecular formula is C17H14NO5. The largest absolute Gasteiger partial charge is 0.457 e. The van der Waals surface area contributed by atoms with Gasteiger partial charge in [-0.05, 0) is 0 Å². The van der Waals surface area contributed by atoms with Gasteiger partial charge < -0.3 is 4.74 Å². The maximum Gasteiger partial charge on any atom is 0.417 e. The number of nitro benzene ring substituents is 1. The monoisotopic (exact) mass is 312 g/mol. The number of hydrogen-bond acceptors (Lipinski definition) is 5. The van der Waals surface area contributed by atoms with Crippen LogP contribution in [-0.4, -0.2) is 23.8 Å². The van der Waals surface area contributed by atoms with Crippen LogP contribution in [-0.2, 0) is 9.53 Å². The summed E-state index contributed by atoms with van der Waals surface area (Å²) in [6.07, 6.45) is -0.00343. The summed E-state index contributed by atoms with van der Waals surface area (Å²) in [7, 11) is 0. The number of ketones is 1. The number of carbonyl (C=O) groups is 1. The lowest BCUT2D eigenvalue weighted by atomic mass is 9.91. The minimum Gasteiger partial charge on any atom is -0.457 e. The summed E-state index contributed by atoms with van der Waals surface area (Å²) in [4.78, 5) is 33.3. The van der Waals surface area contributed by atoms with Crippen molar-refractivity contribution in [1.29, 1.82) is 0 Å². The SMILES string of the molecule is O=[C]OCC(CC(=O)c1ccccc1)c1ccccc1[N+](=O)[O-]. The molecule has 0 heterocycles. The first-order valence-corrected chi connectivity index (χ1v) is 6.94. The van der Waals surface area contributed by atoms with E-state index in [0.717, 1.165) is 0 Å². The van der Waals surface area contributed by atoms with Crippen molar-refractivity contribution >= 4 is 17.9 Å². The Morgan fingerprint density at radius 3 is 2.43 bits per heavy atom. The lowest BCUT2D eigenvalue weighted by molar-refractivity contribution is -0.385. The molecular weight excluding hydrogens is 298 g/mol. The molecule has 1 atom stereocenters. The van der Waals surface area contributed by atoms with Crippen LogP contribution in [0.4, 0.5) is 5.69 Å². The average Bonchev–Trinajstić information content (AvgIpc) is 2.59. The normalized spacial score (nSPS) is 11.5. The molecule has 0 saturated heterocycles. The van der Waals surface area contributed by atoms with Crippen LogP contribution >= 0.6 is 0 Å². The van der Waals surface area contributed by atoms with Gasteiger partial charge in [0, 0.05) is 29.5 Å². The summed E-state index contributed by atoms with van der Waals surface area (Å²) in [5, 5.41) is 11.2. The second-order valence-corrected chi connectivity index (χ2v) is 4.90. The lowest BCUT2D eigenvalue weighted by Gasteiger charge is -2.15. The predicted molar refractivity (Wildman–Crippen MR) is 82.9 cm³/mol. The van der Waals surface area contributed by atoms with Crippen molar-refractivity contribution in [3.8, 4) is 0 Å². The topological polar surface area (TPSA) is 86.5 Å². The predicted octanol–water partition coefficient (Wildman–Crippen LogP) is 3.04. The van der Waals surface area contributed by atoms with Gasteiger partial charge in [0.25, 0.3) is 5.69 Å². The van der Waals surface area contributed by atoms with Crippen molar-refractivity contribution in [2.75, 3.05) is 6.61 Å². The number of nitro groups is 1. The lowest BCUT2D eigenvalue weighted by Crippen LogP contribution is -2.14. The van der Waals surface area contributed by atoms with Crippen LogP contribution in [0.15, 0.2) is 54.6 Å². The van der Waals surface area contributed by atoms with Crippen molar-refractivity contribution in [3.63, 3.8) is 0 Å². The summed E-state index contributed by atoms with van der Waals surface area (Å²) < 4.78 is 4.64. The summed E-state index contributed by atoms with van der Waals surface area (Å²) in [5.74, 6) is -0.783. The molecule has 0 saturated carbocycles. The molecule has 0 aromatic heterocycles. The van der Waals surface area contributed by atoms with Crippen LogP contribution in [0.2, 0.25) is 0 Å². The fourth-order valence-corrected chi connectivity index (χ4v) is 2.36. The highest BCUT2D eigenvalue weighted by Gasteiger charge is 2.25. The summed E-state index contributed by atoms with van der Waals surface area (Å²) in [6.45, 7) is 1.15. The first kappa shape index (κ1) is 16.4. The number of benzene rings is 2. The van der Waals surface area contributed by atoms with Crippen molar-refractivity contribution in [2.45, 2.75) is 12.3 Å². The zero-order valence-electron chi connectivity index (χ0n) is 12.2. The van der Waals surface area contributed by atoms with E-state index in [1.54, 1.807) is 48.5 Å². The molecule has 0 amide bonds. The van der Waals surface area contributed by atoms with E-state index >= 15 is 0 Å². The Morgan fingerprint density at radius 1 is 1.13 bits per heavy atom. The van der Waals surface area contributed by atoms with Gasteiger partial charge >= 0.3 is 6.47 Å². The van der Waals surface area contributed by atoms with Crippen molar-refractivity contribution < 1.29 is 19.2 Å². The molecule has 0 spiro atoms. The molecule has 1 radical (unpaired) electrons. The third-order valence-electron chi connectivity index (χ3n) is 3.44. The van der Waals surface area contributed by atoms with E-state index in [1.807, 2.05) is 0 Å². The van der Waals surface area contributed by atoms with E-state index in [2.05, 4.69) is 4.74 Å². The van der Waals surface area contributed by atoms with Gasteiger partial charge in [0.05, 0.1) is 11.5 Å². The molecule has 23 heavy (non-hydrogen) atoms. The van der Waals surface area contributed by atoms with E-state index in [-0.39, 0.29) is 24.5 Å². The zero-order chi connectivity index (χ0) is 16.7. The first-order chi connectivity index (χ1) is 11.1. The number of ether oxygens (including phenoxy) is 1. The maximum absolute atomic E-state index is 12.3. The minimum atomic E-state index is -0.606. The van der Waals surface area contributed by atoms with E-state index in [9.17, 15) is 19.7 Å². The van der Waals surface area contributed by atoms with E-state index in [0.29, 0.717) is 11.1 Å². The van der Waals surface area contributed by atoms with Gasteiger partial charge in [-0.25, -0.2) is 4.79 Å². The fourth-order valence-electron chi connectivity index (χ4n) is 2.36. The van der Waals surface area contributed by atoms with Gasteiger partial charge in [-0.1, -0.05) is 48.5 Å². The first-order valence-electron chi connectivity index (χ1n) is 6.94. The molecule has 0 aliphatic heterocycles. The van der Waals surface area contributed by atoms with E-state index < -0.39 is 10.8 Å². The Hall–Kier alpha value is -3.02. The third kappa shape index (κ3) is 4.23. The molecule has 0 bridgehead atoms. The average molecular weight is 312 g/mol. The Balaban J connectivity index is 2.29. The smallest absolute Gasteiger partial charge is 0.417 e. The molecule has 0 aliphatic rings. The number of carbonyl (C=O) groups excluding carboxylic acids is 2. The van der Waals surface area contributed by atoms with Gasteiger partial charge in [0.1, 0.15) is 0 Å². The van der Waals surface area contributed by atoms with Crippen LogP contribution in [0, 0.1) is 10.1 Å². The highest BCUT2D eigenvalue weighted by Crippen LogP contribution is 2.30. The highest BCUT2D eigenvalue weighted by molar-refractivity contribution is 5.96. The van der Waals surface area contributed by atoms with E-state index in [4.69, 9.17) is 0 Å². The van der Waals surface area contributed by atoms with Gasteiger partial charge in [-0.2, -0.15) is 0 Å². The second kappa shape index (κ2) is 7.84. The summed E-state index contributed by atoms with van der Waals surface area (Å²) >= 11 is 0. The Bertz CT molecular complexity index is 699. The maximum atomic E-state index is 12.3. The van der Waals surface area contributed by atoms with Gasteiger partial charge in [-0.3, -0.25) is 14.9 Å². The molecule has 2 aromatic carbocycles.